The van der Waals surface area contributed by atoms with Crippen molar-refractivity contribution in [2.24, 2.45) is 5.92 Å². The Balaban J connectivity index is 1.15. The number of likely N-dealkylation sites (tertiary alicyclic amines) is 1. The normalized spacial score (nSPS) is 20.8. The van der Waals surface area contributed by atoms with Crippen molar-refractivity contribution in [3.8, 4) is 0 Å². The van der Waals surface area contributed by atoms with E-state index >= 15 is 0 Å². The Morgan fingerprint density at radius 1 is 1.10 bits per heavy atom. The maximum absolute atomic E-state index is 13.3. The van der Waals surface area contributed by atoms with Gasteiger partial charge in [-0.15, -0.1) is 0 Å². The lowest BCUT2D eigenvalue weighted by Gasteiger charge is -2.29. The van der Waals surface area contributed by atoms with Crippen molar-refractivity contribution >= 4 is 57.1 Å². The SMILES string of the molecule is CCOC(=O)C(CCc1ccc(CNS(=O)(=O)c2cc3c(cc2Cl)NC(CC2CCCC2)NS3)cc1)N[C@@H](C)C(=O)N1CCC[C@H]1C(=O)O. The van der Waals surface area contributed by atoms with Crippen LogP contribution in [0.5, 0.6) is 0 Å². The number of nitrogens with one attached hydrogen (secondary N) is 4. The van der Waals surface area contributed by atoms with Crippen LogP contribution in [0.1, 0.15) is 76.3 Å². The van der Waals surface area contributed by atoms with Crippen LogP contribution in [0.2, 0.25) is 5.02 Å². The summed E-state index contributed by atoms with van der Waals surface area (Å²) in [5.74, 6) is -1.19. The maximum atomic E-state index is 13.3. The highest BCUT2D eigenvalue weighted by Crippen LogP contribution is 2.38. The standard InChI is InChI=1S/C34H46ClN5O7S2/c1-3-47-34(44)26(37-21(2)32(41)40-16-6-9-28(40)33(42)43)15-14-22-10-12-24(13-11-22)20-36-49(45,46)30-19-29-27(18-25(30)35)38-31(39-48-29)17-23-7-4-5-8-23/h10-13,18-19,21,23,26,28,31,36-39H,3-9,14-17,20H2,1-2H3,(H,42,43)/t21-,26?,28-,31?/m0/s1. The van der Waals surface area contributed by atoms with Gasteiger partial charge in [-0.05, 0) is 87.1 Å². The van der Waals surface area contributed by atoms with Gasteiger partial charge in [-0.1, -0.05) is 61.5 Å². The van der Waals surface area contributed by atoms with Gasteiger partial charge in [-0.2, -0.15) is 0 Å². The van der Waals surface area contributed by atoms with Gasteiger partial charge >= 0.3 is 11.9 Å². The summed E-state index contributed by atoms with van der Waals surface area (Å²) in [6.07, 6.45) is 8.02. The predicted molar refractivity (Wildman–Crippen MR) is 189 cm³/mol. The molecule has 49 heavy (non-hydrogen) atoms. The van der Waals surface area contributed by atoms with Gasteiger partial charge in [0.15, 0.2) is 0 Å². The molecule has 15 heteroatoms. The number of sulfonamides is 1. The summed E-state index contributed by atoms with van der Waals surface area (Å²) in [5, 5.41) is 16.1. The van der Waals surface area contributed by atoms with E-state index in [1.54, 1.807) is 26.0 Å². The van der Waals surface area contributed by atoms with E-state index in [1.807, 2.05) is 24.3 Å². The highest BCUT2D eigenvalue weighted by molar-refractivity contribution is 7.97. The summed E-state index contributed by atoms with van der Waals surface area (Å²) in [4.78, 5) is 39.5. The van der Waals surface area contributed by atoms with Crippen molar-refractivity contribution in [1.29, 1.82) is 0 Å². The first kappa shape index (κ1) is 37.4. The van der Waals surface area contributed by atoms with E-state index in [-0.39, 0.29) is 35.1 Å². The van der Waals surface area contributed by atoms with Crippen molar-refractivity contribution < 1.29 is 32.6 Å². The molecule has 2 aromatic carbocycles. The average Bonchev–Trinajstić information content (AvgIpc) is 3.78. The summed E-state index contributed by atoms with van der Waals surface area (Å²) in [7, 11) is -3.91. The lowest BCUT2D eigenvalue weighted by atomic mass is 10.0. The van der Waals surface area contributed by atoms with Crippen LogP contribution in [0.15, 0.2) is 46.2 Å². The summed E-state index contributed by atoms with van der Waals surface area (Å²) < 4.78 is 37.9. The molecule has 0 radical (unpaired) electrons. The van der Waals surface area contributed by atoms with E-state index in [1.165, 1.54) is 42.5 Å². The molecular formula is C34H46ClN5O7S2. The number of hydrogen-bond acceptors (Lipinski definition) is 10. The van der Waals surface area contributed by atoms with E-state index in [4.69, 9.17) is 16.3 Å². The summed E-state index contributed by atoms with van der Waals surface area (Å²) >= 11 is 7.92. The van der Waals surface area contributed by atoms with Crippen LogP contribution in [-0.4, -0.2) is 73.7 Å². The topological polar surface area (TPSA) is 166 Å². The molecule has 2 heterocycles. The number of carboxylic acid groups (broad SMARTS) is 1. The molecule has 268 valence electrons. The van der Waals surface area contributed by atoms with E-state index in [0.29, 0.717) is 38.1 Å². The third-order valence-corrected chi connectivity index (χ3v) is 12.3. The molecule has 2 aromatic rings. The number of esters is 1. The molecule has 1 saturated carbocycles. The number of aryl methyl sites for hydroxylation is 1. The number of hydrogen-bond donors (Lipinski definition) is 5. The number of nitrogens with zero attached hydrogens (tertiary/aromatic N) is 1. The van der Waals surface area contributed by atoms with Gasteiger partial charge in [0.25, 0.3) is 0 Å². The number of carbonyl (C=O) groups is 3. The fraction of sp³-hybridized carbons (Fsp3) is 0.559. The molecule has 1 aliphatic carbocycles. The molecule has 0 spiro atoms. The highest BCUT2D eigenvalue weighted by Gasteiger charge is 2.37. The van der Waals surface area contributed by atoms with Crippen LogP contribution in [0.25, 0.3) is 0 Å². The molecule has 4 atom stereocenters. The number of amides is 1. The van der Waals surface area contributed by atoms with Crippen LogP contribution >= 0.6 is 23.5 Å². The minimum Gasteiger partial charge on any atom is -0.480 e. The van der Waals surface area contributed by atoms with E-state index in [2.05, 4.69) is 20.1 Å². The van der Waals surface area contributed by atoms with Gasteiger partial charge in [-0.25, -0.2) is 22.7 Å². The Bertz CT molecular complexity index is 1600. The average molecular weight is 736 g/mol. The van der Waals surface area contributed by atoms with Crippen molar-refractivity contribution in [2.45, 2.75) is 112 Å². The molecule has 5 N–H and O–H groups in total. The monoisotopic (exact) mass is 735 g/mol. The van der Waals surface area contributed by atoms with Gasteiger partial charge in [0.1, 0.15) is 17.0 Å². The Labute approximate surface area is 297 Å². The molecule has 3 aliphatic rings. The third-order valence-electron chi connectivity index (χ3n) is 9.43. The largest absolute Gasteiger partial charge is 0.480 e. The second-order valence-corrected chi connectivity index (χ2v) is 16.0. The number of halogens is 1. The Hall–Kier alpha value is -2.88. The first-order chi connectivity index (χ1) is 23.4. The van der Waals surface area contributed by atoms with Crippen LogP contribution in [0.3, 0.4) is 0 Å². The number of carboxylic acids is 1. The second-order valence-electron chi connectivity index (χ2n) is 13.0. The molecule has 2 aliphatic heterocycles. The molecule has 5 rings (SSSR count). The zero-order chi connectivity index (χ0) is 35.1. The number of benzene rings is 2. The Morgan fingerprint density at radius 2 is 1.82 bits per heavy atom. The number of aliphatic carboxylic acids is 1. The zero-order valence-electron chi connectivity index (χ0n) is 27.9. The van der Waals surface area contributed by atoms with E-state index in [9.17, 15) is 27.9 Å². The second kappa shape index (κ2) is 16.9. The zero-order valence-corrected chi connectivity index (χ0v) is 30.3. The minimum absolute atomic E-state index is 0.0170. The smallest absolute Gasteiger partial charge is 0.326 e. The predicted octanol–water partition coefficient (Wildman–Crippen LogP) is 4.67. The molecule has 1 saturated heterocycles. The summed E-state index contributed by atoms with van der Waals surface area (Å²) in [6.45, 7) is 3.94. The van der Waals surface area contributed by atoms with Gasteiger partial charge in [-0.3, -0.25) is 14.9 Å². The Morgan fingerprint density at radius 3 is 2.51 bits per heavy atom. The number of carbonyl (C=O) groups excluding carboxylic acids is 2. The van der Waals surface area contributed by atoms with Gasteiger partial charge < -0.3 is 20.1 Å². The number of fused-ring (bicyclic) bond motifs is 1. The Kier molecular flexibility index (Phi) is 12.9. The van der Waals surface area contributed by atoms with Crippen LogP contribution in [0.4, 0.5) is 5.69 Å². The molecule has 1 amide bonds. The number of rotatable bonds is 15. The van der Waals surface area contributed by atoms with Crippen LogP contribution in [-0.2, 0) is 42.1 Å². The van der Waals surface area contributed by atoms with Gasteiger partial charge in [0.05, 0.1) is 29.5 Å². The quantitative estimate of drug-likeness (QED) is 0.128. The molecule has 0 bridgehead atoms. The molecular weight excluding hydrogens is 690 g/mol. The van der Waals surface area contributed by atoms with Crippen molar-refractivity contribution in [3.05, 3.63) is 52.5 Å². The number of ether oxygens (including phenoxy) is 1. The van der Waals surface area contributed by atoms with Crippen molar-refractivity contribution in [1.82, 2.24) is 19.7 Å². The fourth-order valence-electron chi connectivity index (χ4n) is 6.79. The lowest BCUT2D eigenvalue weighted by Crippen LogP contribution is -2.53. The lowest BCUT2D eigenvalue weighted by molar-refractivity contribution is -0.150. The van der Waals surface area contributed by atoms with E-state index < -0.39 is 40.1 Å². The van der Waals surface area contributed by atoms with Gasteiger partial charge in [0, 0.05) is 18.0 Å². The molecule has 0 aromatic heterocycles. The third kappa shape index (κ3) is 9.67. The van der Waals surface area contributed by atoms with Crippen LogP contribution < -0.4 is 20.1 Å². The summed E-state index contributed by atoms with van der Waals surface area (Å²) in [6, 6.07) is 8.23. The van der Waals surface area contributed by atoms with E-state index in [0.717, 1.165) is 28.1 Å². The maximum Gasteiger partial charge on any atom is 0.326 e. The minimum atomic E-state index is -3.91. The number of anilines is 1. The first-order valence-corrected chi connectivity index (χ1v) is 19.7. The molecule has 2 unspecified atom stereocenters. The van der Waals surface area contributed by atoms with Crippen molar-refractivity contribution in [3.63, 3.8) is 0 Å². The molecule has 2 fully saturated rings. The first-order valence-electron chi connectivity index (χ1n) is 17.0. The molecule has 12 nitrogen and oxygen atoms in total. The highest BCUT2D eigenvalue weighted by atomic mass is 35.5. The van der Waals surface area contributed by atoms with Gasteiger partial charge in [0.2, 0.25) is 15.9 Å². The fourth-order valence-corrected chi connectivity index (χ4v) is 9.26. The van der Waals surface area contributed by atoms with Crippen LogP contribution in [0, 0.1) is 5.92 Å². The summed E-state index contributed by atoms with van der Waals surface area (Å²) in [5.41, 5.74) is 2.48. The van der Waals surface area contributed by atoms with Crippen molar-refractivity contribution in [2.75, 3.05) is 18.5 Å².